The van der Waals surface area contributed by atoms with Gasteiger partial charge in [-0.05, 0) is 42.8 Å². The molecule has 18 heavy (non-hydrogen) atoms. The second-order valence-corrected chi connectivity index (χ2v) is 6.28. The predicted molar refractivity (Wildman–Crippen MR) is 85.3 cm³/mol. The summed E-state index contributed by atoms with van der Waals surface area (Å²) in [4.78, 5) is 0. The molecule has 2 rings (SSSR count). The van der Waals surface area contributed by atoms with Gasteiger partial charge in [0.2, 0.25) is 0 Å². The maximum absolute atomic E-state index is 6.17. The number of hydrogen-bond donors (Lipinski definition) is 1. The number of hydrogen-bond acceptors (Lipinski definition) is 1. The van der Waals surface area contributed by atoms with Crippen LogP contribution in [0.15, 0.2) is 51.4 Å². The Morgan fingerprint density at radius 3 is 2.50 bits per heavy atom. The lowest BCUT2D eigenvalue weighted by molar-refractivity contribution is 0.883. The van der Waals surface area contributed by atoms with E-state index in [9.17, 15) is 0 Å². The van der Waals surface area contributed by atoms with Gasteiger partial charge in [0.1, 0.15) is 0 Å². The fraction of sp³-hybridized carbons (Fsp3) is 0.143. The SMILES string of the molecule is CC(Nc1cc(Br)ccc1Cl)c1cccc(Br)c1. The van der Waals surface area contributed by atoms with E-state index in [-0.39, 0.29) is 6.04 Å². The lowest BCUT2D eigenvalue weighted by Crippen LogP contribution is -2.06. The van der Waals surface area contributed by atoms with Crippen molar-refractivity contribution in [1.82, 2.24) is 0 Å². The van der Waals surface area contributed by atoms with Crippen molar-refractivity contribution in [2.75, 3.05) is 5.32 Å². The summed E-state index contributed by atoms with van der Waals surface area (Å²) in [7, 11) is 0. The van der Waals surface area contributed by atoms with Gasteiger partial charge >= 0.3 is 0 Å². The zero-order chi connectivity index (χ0) is 13.1. The Morgan fingerprint density at radius 1 is 1.06 bits per heavy atom. The topological polar surface area (TPSA) is 12.0 Å². The van der Waals surface area contributed by atoms with E-state index in [1.807, 2.05) is 30.3 Å². The van der Waals surface area contributed by atoms with Gasteiger partial charge in [-0.15, -0.1) is 0 Å². The first-order chi connectivity index (χ1) is 8.56. The van der Waals surface area contributed by atoms with E-state index in [2.05, 4.69) is 56.2 Å². The molecule has 1 N–H and O–H groups in total. The maximum atomic E-state index is 6.17. The zero-order valence-electron chi connectivity index (χ0n) is 9.75. The molecule has 0 saturated carbocycles. The highest BCUT2D eigenvalue weighted by Gasteiger charge is 2.08. The quantitative estimate of drug-likeness (QED) is 0.675. The average molecular weight is 390 g/mol. The summed E-state index contributed by atoms with van der Waals surface area (Å²) in [6.45, 7) is 2.11. The molecule has 1 atom stereocenters. The number of rotatable bonds is 3. The van der Waals surface area contributed by atoms with Crippen LogP contribution in [0.1, 0.15) is 18.5 Å². The van der Waals surface area contributed by atoms with Gasteiger partial charge in [-0.2, -0.15) is 0 Å². The Hall–Kier alpha value is -0.510. The summed E-state index contributed by atoms with van der Waals surface area (Å²) in [5.41, 5.74) is 2.14. The van der Waals surface area contributed by atoms with E-state index in [4.69, 9.17) is 11.6 Å². The predicted octanol–water partition coefficient (Wildman–Crippen LogP) is 6.04. The molecule has 0 amide bonds. The van der Waals surface area contributed by atoms with E-state index in [0.717, 1.165) is 19.7 Å². The molecule has 1 nitrogen and oxygen atoms in total. The number of halogens is 3. The van der Waals surface area contributed by atoms with Crippen LogP contribution in [0.5, 0.6) is 0 Å². The summed E-state index contributed by atoms with van der Waals surface area (Å²) in [5, 5.41) is 4.13. The minimum atomic E-state index is 0.189. The average Bonchev–Trinajstić information content (AvgIpc) is 2.34. The lowest BCUT2D eigenvalue weighted by Gasteiger charge is -2.17. The smallest absolute Gasteiger partial charge is 0.0638 e. The van der Waals surface area contributed by atoms with Gasteiger partial charge in [-0.3, -0.25) is 0 Å². The van der Waals surface area contributed by atoms with Crippen molar-refractivity contribution in [3.05, 3.63) is 62.0 Å². The third-order valence-corrected chi connectivity index (χ3v) is 3.97. The van der Waals surface area contributed by atoms with Crippen molar-refractivity contribution in [3.63, 3.8) is 0 Å². The molecule has 0 aliphatic carbocycles. The van der Waals surface area contributed by atoms with Gasteiger partial charge in [0.15, 0.2) is 0 Å². The standard InChI is InChI=1S/C14H12Br2ClN/c1-9(10-3-2-4-11(15)7-10)18-14-8-12(16)5-6-13(14)17/h2-9,18H,1H3. The fourth-order valence-electron chi connectivity index (χ4n) is 1.70. The lowest BCUT2D eigenvalue weighted by atomic mass is 10.1. The van der Waals surface area contributed by atoms with Crippen molar-refractivity contribution >= 4 is 49.1 Å². The Morgan fingerprint density at radius 2 is 1.78 bits per heavy atom. The summed E-state index contributed by atoms with van der Waals surface area (Å²) >= 11 is 13.1. The van der Waals surface area contributed by atoms with Gasteiger partial charge in [-0.25, -0.2) is 0 Å². The highest BCUT2D eigenvalue weighted by atomic mass is 79.9. The van der Waals surface area contributed by atoms with Crippen molar-refractivity contribution in [2.24, 2.45) is 0 Å². The number of benzene rings is 2. The number of anilines is 1. The monoisotopic (exact) mass is 387 g/mol. The molecule has 0 aliphatic rings. The Labute approximate surface area is 129 Å². The minimum absolute atomic E-state index is 0.189. The molecule has 0 fully saturated rings. The van der Waals surface area contributed by atoms with Gasteiger partial charge in [0, 0.05) is 15.0 Å². The van der Waals surface area contributed by atoms with Crippen molar-refractivity contribution in [2.45, 2.75) is 13.0 Å². The van der Waals surface area contributed by atoms with Gasteiger partial charge in [-0.1, -0.05) is 55.6 Å². The van der Waals surface area contributed by atoms with Crippen LogP contribution in [-0.2, 0) is 0 Å². The summed E-state index contributed by atoms with van der Waals surface area (Å²) < 4.78 is 2.09. The fourth-order valence-corrected chi connectivity index (χ4v) is 2.65. The molecule has 1 unspecified atom stereocenters. The normalized spacial score (nSPS) is 12.2. The van der Waals surface area contributed by atoms with Crippen LogP contribution >= 0.6 is 43.5 Å². The van der Waals surface area contributed by atoms with Crippen LogP contribution in [0.4, 0.5) is 5.69 Å². The van der Waals surface area contributed by atoms with E-state index in [0.29, 0.717) is 0 Å². The minimum Gasteiger partial charge on any atom is -0.377 e. The first-order valence-corrected chi connectivity index (χ1v) is 7.50. The molecule has 4 heteroatoms. The van der Waals surface area contributed by atoms with E-state index >= 15 is 0 Å². The maximum Gasteiger partial charge on any atom is 0.0638 e. The van der Waals surface area contributed by atoms with E-state index < -0.39 is 0 Å². The first-order valence-electron chi connectivity index (χ1n) is 5.53. The molecule has 0 radical (unpaired) electrons. The summed E-state index contributed by atoms with van der Waals surface area (Å²) in [6, 6.07) is 14.2. The van der Waals surface area contributed by atoms with E-state index in [1.54, 1.807) is 0 Å². The molecular formula is C14H12Br2ClN. The molecule has 0 aliphatic heterocycles. The van der Waals surface area contributed by atoms with E-state index in [1.165, 1.54) is 5.56 Å². The largest absolute Gasteiger partial charge is 0.377 e. The first kappa shape index (κ1) is 13.9. The second kappa shape index (κ2) is 6.09. The highest BCUT2D eigenvalue weighted by molar-refractivity contribution is 9.10. The van der Waals surface area contributed by atoms with Crippen molar-refractivity contribution < 1.29 is 0 Å². The van der Waals surface area contributed by atoms with Crippen LogP contribution in [0.2, 0.25) is 5.02 Å². The van der Waals surface area contributed by atoms with Crippen LogP contribution in [0.25, 0.3) is 0 Å². The van der Waals surface area contributed by atoms with Gasteiger partial charge in [0.25, 0.3) is 0 Å². The van der Waals surface area contributed by atoms with Crippen molar-refractivity contribution in [1.29, 1.82) is 0 Å². The molecule has 2 aromatic carbocycles. The zero-order valence-corrected chi connectivity index (χ0v) is 13.7. The number of nitrogens with one attached hydrogen (secondary N) is 1. The van der Waals surface area contributed by atoms with Crippen LogP contribution in [0, 0.1) is 0 Å². The molecule has 2 aromatic rings. The van der Waals surface area contributed by atoms with Gasteiger partial charge < -0.3 is 5.32 Å². The van der Waals surface area contributed by atoms with Crippen LogP contribution < -0.4 is 5.32 Å². The Balaban J connectivity index is 2.21. The molecule has 0 saturated heterocycles. The van der Waals surface area contributed by atoms with Crippen molar-refractivity contribution in [3.8, 4) is 0 Å². The molecule has 0 spiro atoms. The second-order valence-electron chi connectivity index (χ2n) is 4.05. The molecule has 0 bridgehead atoms. The molecule has 0 heterocycles. The third-order valence-electron chi connectivity index (χ3n) is 2.65. The molecule has 0 aromatic heterocycles. The van der Waals surface area contributed by atoms with Crippen LogP contribution in [-0.4, -0.2) is 0 Å². The Bertz CT molecular complexity index is 557. The molecule has 94 valence electrons. The van der Waals surface area contributed by atoms with Gasteiger partial charge in [0.05, 0.1) is 10.7 Å². The molecular weight excluding hydrogens is 377 g/mol. The van der Waals surface area contributed by atoms with Crippen LogP contribution in [0.3, 0.4) is 0 Å². The summed E-state index contributed by atoms with van der Waals surface area (Å²) in [6.07, 6.45) is 0. The Kier molecular flexibility index (Phi) is 4.71. The highest BCUT2D eigenvalue weighted by Crippen LogP contribution is 2.29. The third kappa shape index (κ3) is 3.50. The summed E-state index contributed by atoms with van der Waals surface area (Å²) in [5.74, 6) is 0.